The van der Waals surface area contributed by atoms with Crippen LogP contribution >= 0.6 is 11.6 Å². The maximum Gasteiger partial charge on any atom is 0.225 e. The van der Waals surface area contributed by atoms with Crippen molar-refractivity contribution in [3.63, 3.8) is 0 Å². The first kappa shape index (κ1) is 20.2. The van der Waals surface area contributed by atoms with Crippen LogP contribution in [0.1, 0.15) is 31.4 Å². The number of nitrogens with one attached hydrogen (secondary N) is 2. The number of amides is 1. The largest absolute Gasteiger partial charge is 0.362 e. The maximum absolute atomic E-state index is 12.5. The van der Waals surface area contributed by atoms with Crippen molar-refractivity contribution in [2.45, 2.75) is 25.8 Å². The van der Waals surface area contributed by atoms with Crippen LogP contribution in [0.25, 0.3) is 16.7 Å². The van der Waals surface area contributed by atoms with Gasteiger partial charge in [0.25, 0.3) is 0 Å². The number of hydrogen-bond acceptors (Lipinski definition) is 7. The Labute approximate surface area is 195 Å². The molecule has 1 amide bonds. The van der Waals surface area contributed by atoms with Crippen molar-refractivity contribution in [2.24, 2.45) is 5.92 Å². The van der Waals surface area contributed by atoms with Crippen molar-refractivity contribution >= 4 is 45.8 Å². The molecule has 0 bridgehead atoms. The standard InChI is InChI=1S/C22H24ClN9O/c1-13(29-20-18-19(26-10-25-18)27-11-28-20)15-8-16(23)17-9-24-12-32(17)21(15)30-4-6-31(7-5-30)22(33)14-2-3-14/h8-14H,2-7H2,1H3,(H2,25,26,27,28,29). The quantitative estimate of drug-likeness (QED) is 0.466. The smallest absolute Gasteiger partial charge is 0.225 e. The van der Waals surface area contributed by atoms with Crippen LogP contribution in [0.2, 0.25) is 5.02 Å². The molecule has 0 radical (unpaired) electrons. The van der Waals surface area contributed by atoms with Crippen molar-refractivity contribution in [3.8, 4) is 0 Å². The number of H-pyrrole nitrogens is 1. The highest BCUT2D eigenvalue weighted by Gasteiger charge is 2.35. The summed E-state index contributed by atoms with van der Waals surface area (Å²) in [6, 6.07) is 1.88. The Morgan fingerprint density at radius 1 is 1.21 bits per heavy atom. The summed E-state index contributed by atoms with van der Waals surface area (Å²) in [5.41, 5.74) is 3.25. The molecule has 2 fully saturated rings. The predicted octanol–water partition coefficient (Wildman–Crippen LogP) is 2.89. The molecule has 0 aromatic carbocycles. The third kappa shape index (κ3) is 3.54. The van der Waals surface area contributed by atoms with Crippen molar-refractivity contribution in [1.82, 2.24) is 34.2 Å². The van der Waals surface area contributed by atoms with E-state index in [9.17, 15) is 4.79 Å². The zero-order valence-electron chi connectivity index (χ0n) is 18.2. The molecule has 6 rings (SSSR count). The van der Waals surface area contributed by atoms with Crippen molar-refractivity contribution in [3.05, 3.63) is 41.8 Å². The Morgan fingerprint density at radius 3 is 2.82 bits per heavy atom. The molecule has 1 saturated heterocycles. The molecule has 1 aliphatic heterocycles. The number of halogens is 1. The Kier molecular flexibility index (Phi) is 4.83. The maximum atomic E-state index is 12.5. The van der Waals surface area contributed by atoms with Crippen molar-refractivity contribution < 1.29 is 4.79 Å². The van der Waals surface area contributed by atoms with Crippen LogP contribution in [-0.2, 0) is 4.79 Å². The van der Waals surface area contributed by atoms with Gasteiger partial charge in [-0.15, -0.1) is 0 Å². The number of anilines is 2. The lowest BCUT2D eigenvalue weighted by Gasteiger charge is -2.38. The van der Waals surface area contributed by atoms with Gasteiger partial charge in [0.05, 0.1) is 29.1 Å². The fourth-order valence-electron chi connectivity index (χ4n) is 4.59. The molecule has 0 spiro atoms. The summed E-state index contributed by atoms with van der Waals surface area (Å²) < 4.78 is 2.04. The second kappa shape index (κ2) is 7.87. The first-order chi connectivity index (χ1) is 16.1. The SMILES string of the molecule is CC(Nc1ncnc2nc[nH]c12)c1cc(Cl)c2cncn2c1N1CCN(C(=O)C2CC2)CC1. The number of imidazole rings is 2. The highest BCUT2D eigenvalue weighted by Crippen LogP contribution is 2.36. The molecule has 170 valence electrons. The van der Waals surface area contributed by atoms with Gasteiger partial charge < -0.3 is 20.1 Å². The molecule has 1 saturated carbocycles. The molecule has 10 nitrogen and oxygen atoms in total. The van der Waals surface area contributed by atoms with E-state index in [1.54, 1.807) is 18.9 Å². The van der Waals surface area contributed by atoms with Crippen LogP contribution in [0.3, 0.4) is 0 Å². The van der Waals surface area contributed by atoms with Crippen LogP contribution < -0.4 is 10.2 Å². The van der Waals surface area contributed by atoms with Crippen LogP contribution in [0.15, 0.2) is 31.2 Å². The average molecular weight is 466 g/mol. The molecule has 1 aliphatic carbocycles. The zero-order valence-corrected chi connectivity index (χ0v) is 19.0. The summed E-state index contributed by atoms with van der Waals surface area (Å²) in [5, 5.41) is 4.13. The second-order valence-electron chi connectivity index (χ2n) is 8.70. The van der Waals surface area contributed by atoms with Crippen molar-refractivity contribution in [2.75, 3.05) is 36.4 Å². The normalized spacial score (nSPS) is 17.6. The molecule has 1 unspecified atom stereocenters. The van der Waals surface area contributed by atoms with Gasteiger partial charge in [0.15, 0.2) is 11.5 Å². The lowest BCUT2D eigenvalue weighted by atomic mass is 10.1. The minimum atomic E-state index is -0.114. The van der Waals surface area contributed by atoms with Gasteiger partial charge in [0.1, 0.15) is 24.0 Å². The third-order valence-corrected chi connectivity index (χ3v) is 6.81. The van der Waals surface area contributed by atoms with E-state index in [0.29, 0.717) is 22.4 Å². The average Bonchev–Trinajstić information content (AvgIpc) is 3.35. The van der Waals surface area contributed by atoms with Gasteiger partial charge >= 0.3 is 0 Å². The van der Waals surface area contributed by atoms with Crippen LogP contribution in [-0.4, -0.2) is 66.3 Å². The number of rotatable bonds is 5. The van der Waals surface area contributed by atoms with Gasteiger partial charge in [0.2, 0.25) is 5.91 Å². The summed E-state index contributed by atoms with van der Waals surface area (Å²) in [7, 11) is 0. The van der Waals surface area contributed by atoms with Gasteiger partial charge in [-0.3, -0.25) is 9.20 Å². The predicted molar refractivity (Wildman–Crippen MR) is 125 cm³/mol. The molecule has 11 heteroatoms. The summed E-state index contributed by atoms with van der Waals surface area (Å²) in [5.74, 6) is 2.26. The van der Waals surface area contributed by atoms with E-state index in [0.717, 1.165) is 61.4 Å². The van der Waals surface area contributed by atoms with E-state index >= 15 is 0 Å². The molecule has 2 aliphatic rings. The number of fused-ring (bicyclic) bond motifs is 2. The fourth-order valence-corrected chi connectivity index (χ4v) is 4.85. The zero-order chi connectivity index (χ0) is 22.5. The molecular weight excluding hydrogens is 442 g/mol. The Bertz CT molecular complexity index is 1340. The summed E-state index contributed by atoms with van der Waals surface area (Å²) >= 11 is 6.64. The topological polar surface area (TPSA) is 107 Å². The van der Waals surface area contributed by atoms with E-state index in [2.05, 4.69) is 42.1 Å². The van der Waals surface area contributed by atoms with Gasteiger partial charge in [-0.05, 0) is 25.8 Å². The minimum Gasteiger partial charge on any atom is -0.362 e. The first-order valence-corrected chi connectivity index (χ1v) is 11.6. The molecule has 2 N–H and O–H groups in total. The second-order valence-corrected chi connectivity index (χ2v) is 9.10. The Hall–Kier alpha value is -3.40. The lowest BCUT2D eigenvalue weighted by Crippen LogP contribution is -2.50. The highest BCUT2D eigenvalue weighted by molar-refractivity contribution is 6.34. The Morgan fingerprint density at radius 2 is 2.03 bits per heavy atom. The van der Waals surface area contributed by atoms with E-state index in [1.165, 1.54) is 6.33 Å². The number of piperazine rings is 1. The van der Waals surface area contributed by atoms with E-state index < -0.39 is 0 Å². The van der Waals surface area contributed by atoms with Crippen molar-refractivity contribution in [1.29, 1.82) is 0 Å². The van der Waals surface area contributed by atoms with Crippen LogP contribution in [0.4, 0.5) is 11.6 Å². The summed E-state index contributed by atoms with van der Waals surface area (Å²) in [4.78, 5) is 37.1. The van der Waals surface area contributed by atoms with Gasteiger partial charge in [0, 0.05) is 37.7 Å². The number of pyridine rings is 1. The number of nitrogens with zero attached hydrogens (tertiary/aromatic N) is 7. The van der Waals surface area contributed by atoms with Gasteiger partial charge in [-0.1, -0.05) is 11.6 Å². The Balaban J connectivity index is 1.34. The first-order valence-electron chi connectivity index (χ1n) is 11.2. The monoisotopic (exact) mass is 465 g/mol. The summed E-state index contributed by atoms with van der Waals surface area (Å²) in [6.45, 7) is 5.03. The summed E-state index contributed by atoms with van der Waals surface area (Å²) in [6.07, 6.45) is 8.75. The van der Waals surface area contributed by atoms with Gasteiger partial charge in [-0.25, -0.2) is 19.9 Å². The molecule has 4 aromatic rings. The molecule has 1 atom stereocenters. The van der Waals surface area contributed by atoms with Crippen LogP contribution in [0, 0.1) is 5.92 Å². The number of carbonyl (C=O) groups excluding carboxylic acids is 1. The minimum absolute atomic E-state index is 0.114. The third-order valence-electron chi connectivity index (χ3n) is 6.51. The molecular formula is C22H24ClN9O. The van der Waals surface area contributed by atoms with E-state index in [-0.39, 0.29) is 12.0 Å². The number of hydrogen-bond donors (Lipinski definition) is 2. The lowest BCUT2D eigenvalue weighted by molar-refractivity contribution is -0.132. The number of carbonyl (C=O) groups is 1. The molecule has 5 heterocycles. The number of aromatic amines is 1. The number of aromatic nitrogens is 6. The van der Waals surface area contributed by atoms with Crippen LogP contribution in [0.5, 0.6) is 0 Å². The molecule has 33 heavy (non-hydrogen) atoms. The van der Waals surface area contributed by atoms with Gasteiger partial charge in [-0.2, -0.15) is 0 Å². The fraction of sp³-hybridized carbons (Fsp3) is 0.409. The molecule has 4 aromatic heterocycles. The highest BCUT2D eigenvalue weighted by atomic mass is 35.5. The van der Waals surface area contributed by atoms with E-state index in [4.69, 9.17) is 11.6 Å². The van der Waals surface area contributed by atoms with E-state index in [1.807, 2.05) is 15.4 Å².